The monoisotopic (exact) mass is 260 g/mol. The standard InChI is InChI=1S/C14H20N4O/c1-3-13-16-12(17-19-13)9-18-7-6-11(8-18)14(15-2)10-4-5-10/h6-8,10,14-15H,3-5,9H2,1-2H3. The quantitative estimate of drug-likeness (QED) is 0.864. The van der Waals surface area contributed by atoms with Crippen LogP contribution < -0.4 is 5.32 Å². The van der Waals surface area contributed by atoms with E-state index in [0.717, 1.165) is 18.2 Å². The number of aryl methyl sites for hydroxylation is 1. The first-order chi connectivity index (χ1) is 9.30. The minimum absolute atomic E-state index is 0.484. The molecule has 3 rings (SSSR count). The van der Waals surface area contributed by atoms with Crippen LogP contribution in [0.2, 0.25) is 0 Å². The molecule has 5 nitrogen and oxygen atoms in total. The van der Waals surface area contributed by atoms with Crippen molar-refractivity contribution in [2.45, 2.75) is 38.8 Å². The van der Waals surface area contributed by atoms with Crippen LogP contribution in [-0.2, 0) is 13.0 Å². The normalized spacial score (nSPS) is 16.7. The summed E-state index contributed by atoms with van der Waals surface area (Å²) in [6.07, 6.45) is 7.72. The van der Waals surface area contributed by atoms with E-state index in [9.17, 15) is 0 Å². The summed E-state index contributed by atoms with van der Waals surface area (Å²) in [5.74, 6) is 2.25. The Labute approximate surface area is 113 Å². The third-order valence-electron chi connectivity index (χ3n) is 3.67. The van der Waals surface area contributed by atoms with Crippen LogP contribution in [-0.4, -0.2) is 21.8 Å². The van der Waals surface area contributed by atoms with Crippen molar-refractivity contribution in [3.05, 3.63) is 35.7 Å². The summed E-state index contributed by atoms with van der Waals surface area (Å²) in [7, 11) is 2.03. The molecule has 1 aliphatic rings. The van der Waals surface area contributed by atoms with E-state index in [1.807, 2.05) is 14.0 Å². The van der Waals surface area contributed by atoms with Crippen LogP contribution in [0.25, 0.3) is 0 Å². The maximum Gasteiger partial charge on any atom is 0.226 e. The van der Waals surface area contributed by atoms with Crippen molar-refractivity contribution in [2.75, 3.05) is 7.05 Å². The van der Waals surface area contributed by atoms with Crippen molar-refractivity contribution in [3.63, 3.8) is 0 Å². The Morgan fingerprint density at radius 1 is 1.53 bits per heavy atom. The highest BCUT2D eigenvalue weighted by molar-refractivity contribution is 5.18. The average Bonchev–Trinajstić information content (AvgIpc) is 2.98. The molecule has 2 aromatic rings. The van der Waals surface area contributed by atoms with Gasteiger partial charge in [-0.1, -0.05) is 12.1 Å². The molecule has 0 bridgehead atoms. The number of nitrogens with zero attached hydrogens (tertiary/aromatic N) is 3. The first-order valence-corrected chi connectivity index (χ1v) is 6.94. The van der Waals surface area contributed by atoms with Gasteiger partial charge in [-0.25, -0.2) is 0 Å². The lowest BCUT2D eigenvalue weighted by Crippen LogP contribution is -2.17. The molecule has 19 heavy (non-hydrogen) atoms. The van der Waals surface area contributed by atoms with Gasteiger partial charge in [0.15, 0.2) is 5.82 Å². The average molecular weight is 260 g/mol. The van der Waals surface area contributed by atoms with Gasteiger partial charge >= 0.3 is 0 Å². The summed E-state index contributed by atoms with van der Waals surface area (Å²) in [4.78, 5) is 4.33. The van der Waals surface area contributed by atoms with Gasteiger partial charge in [0.05, 0.1) is 6.54 Å². The molecule has 1 saturated carbocycles. The molecule has 2 heterocycles. The minimum atomic E-state index is 0.484. The van der Waals surface area contributed by atoms with E-state index < -0.39 is 0 Å². The van der Waals surface area contributed by atoms with E-state index in [-0.39, 0.29) is 0 Å². The maximum atomic E-state index is 5.12. The fourth-order valence-corrected chi connectivity index (χ4v) is 2.51. The van der Waals surface area contributed by atoms with Crippen molar-refractivity contribution < 1.29 is 4.52 Å². The maximum absolute atomic E-state index is 5.12. The van der Waals surface area contributed by atoms with Gasteiger partial charge in [0.2, 0.25) is 5.89 Å². The Morgan fingerprint density at radius 2 is 2.37 bits per heavy atom. The van der Waals surface area contributed by atoms with Gasteiger partial charge < -0.3 is 14.4 Å². The van der Waals surface area contributed by atoms with Crippen molar-refractivity contribution in [2.24, 2.45) is 5.92 Å². The SMILES string of the molecule is CCc1nc(Cn2ccc(C(NC)C3CC3)c2)no1. The van der Waals surface area contributed by atoms with Crippen LogP contribution >= 0.6 is 0 Å². The Morgan fingerprint density at radius 3 is 3.00 bits per heavy atom. The summed E-state index contributed by atoms with van der Waals surface area (Å²) in [6, 6.07) is 2.66. The Balaban J connectivity index is 1.70. The summed E-state index contributed by atoms with van der Waals surface area (Å²) in [6.45, 7) is 2.68. The molecule has 1 fully saturated rings. The third-order valence-corrected chi connectivity index (χ3v) is 3.67. The van der Waals surface area contributed by atoms with E-state index in [1.54, 1.807) is 0 Å². The fourth-order valence-electron chi connectivity index (χ4n) is 2.51. The highest BCUT2D eigenvalue weighted by Gasteiger charge is 2.31. The van der Waals surface area contributed by atoms with E-state index in [1.165, 1.54) is 18.4 Å². The van der Waals surface area contributed by atoms with Crippen LogP contribution in [0.4, 0.5) is 0 Å². The predicted molar refractivity (Wildman–Crippen MR) is 71.7 cm³/mol. The number of hydrogen-bond donors (Lipinski definition) is 1. The number of aromatic nitrogens is 3. The molecule has 0 amide bonds. The van der Waals surface area contributed by atoms with Gasteiger partial charge in [0, 0.05) is 24.9 Å². The highest BCUT2D eigenvalue weighted by atomic mass is 16.5. The minimum Gasteiger partial charge on any atom is -0.346 e. The summed E-state index contributed by atoms with van der Waals surface area (Å²) in [5.41, 5.74) is 1.35. The van der Waals surface area contributed by atoms with Crippen LogP contribution in [0.5, 0.6) is 0 Å². The van der Waals surface area contributed by atoms with E-state index in [4.69, 9.17) is 4.52 Å². The van der Waals surface area contributed by atoms with Gasteiger partial charge in [-0.2, -0.15) is 4.98 Å². The smallest absolute Gasteiger partial charge is 0.226 e. The second-order valence-corrected chi connectivity index (χ2v) is 5.18. The molecule has 2 aromatic heterocycles. The molecule has 1 atom stereocenters. The molecule has 5 heteroatoms. The Hall–Kier alpha value is -1.62. The molecule has 0 aromatic carbocycles. The zero-order valence-corrected chi connectivity index (χ0v) is 11.5. The zero-order valence-electron chi connectivity index (χ0n) is 11.5. The zero-order chi connectivity index (χ0) is 13.2. The van der Waals surface area contributed by atoms with E-state index in [0.29, 0.717) is 18.5 Å². The topological polar surface area (TPSA) is 55.9 Å². The lowest BCUT2D eigenvalue weighted by molar-refractivity contribution is 0.375. The second kappa shape index (κ2) is 5.17. The molecular formula is C14H20N4O. The molecule has 0 aliphatic heterocycles. The molecule has 0 radical (unpaired) electrons. The lowest BCUT2D eigenvalue weighted by Gasteiger charge is -2.13. The third kappa shape index (κ3) is 2.71. The second-order valence-electron chi connectivity index (χ2n) is 5.18. The molecule has 1 N–H and O–H groups in total. The summed E-state index contributed by atoms with van der Waals surface area (Å²) >= 11 is 0. The Bertz CT molecular complexity index is 541. The molecule has 102 valence electrons. The first kappa shape index (κ1) is 12.4. The van der Waals surface area contributed by atoms with Crippen LogP contribution in [0.15, 0.2) is 23.0 Å². The van der Waals surface area contributed by atoms with Crippen LogP contribution in [0.1, 0.15) is 43.1 Å². The molecule has 1 aliphatic carbocycles. The van der Waals surface area contributed by atoms with Gasteiger partial charge in [-0.05, 0) is 37.4 Å². The largest absolute Gasteiger partial charge is 0.346 e. The van der Waals surface area contributed by atoms with E-state index in [2.05, 4.69) is 38.5 Å². The van der Waals surface area contributed by atoms with Gasteiger partial charge in [0.1, 0.15) is 0 Å². The molecule has 0 spiro atoms. The lowest BCUT2D eigenvalue weighted by atomic mass is 10.1. The van der Waals surface area contributed by atoms with Crippen LogP contribution in [0.3, 0.4) is 0 Å². The van der Waals surface area contributed by atoms with Crippen molar-refractivity contribution in [1.82, 2.24) is 20.0 Å². The predicted octanol–water partition coefficient (Wildman–Crippen LogP) is 2.15. The summed E-state index contributed by atoms with van der Waals surface area (Å²) in [5, 5.41) is 7.39. The van der Waals surface area contributed by atoms with Gasteiger partial charge in [0.25, 0.3) is 0 Å². The molecular weight excluding hydrogens is 240 g/mol. The van der Waals surface area contributed by atoms with E-state index >= 15 is 0 Å². The van der Waals surface area contributed by atoms with Crippen molar-refractivity contribution in [3.8, 4) is 0 Å². The van der Waals surface area contributed by atoms with Gasteiger partial charge in [-0.15, -0.1) is 0 Å². The molecule has 0 saturated heterocycles. The van der Waals surface area contributed by atoms with Gasteiger partial charge in [-0.3, -0.25) is 0 Å². The fraction of sp³-hybridized carbons (Fsp3) is 0.571. The van der Waals surface area contributed by atoms with Crippen molar-refractivity contribution in [1.29, 1.82) is 0 Å². The molecule has 1 unspecified atom stereocenters. The van der Waals surface area contributed by atoms with Crippen molar-refractivity contribution >= 4 is 0 Å². The number of hydrogen-bond acceptors (Lipinski definition) is 4. The van der Waals surface area contributed by atoms with Crippen LogP contribution in [0, 0.1) is 5.92 Å². The Kier molecular flexibility index (Phi) is 3.38. The summed E-state index contributed by atoms with van der Waals surface area (Å²) < 4.78 is 7.24. The first-order valence-electron chi connectivity index (χ1n) is 6.94. The number of rotatable bonds is 6. The number of nitrogens with one attached hydrogen (secondary N) is 1. The highest BCUT2D eigenvalue weighted by Crippen LogP contribution is 2.40.